The maximum atomic E-state index is 11.0. The van der Waals surface area contributed by atoms with Crippen molar-refractivity contribution in [1.82, 2.24) is 14.9 Å². The second kappa shape index (κ2) is 12.2. The Morgan fingerprint density at radius 1 is 1.28 bits per heavy atom. The summed E-state index contributed by atoms with van der Waals surface area (Å²) < 4.78 is 24.5. The minimum absolute atomic E-state index is 0. The number of hydrogen-bond acceptors (Lipinski definition) is 3. The van der Waals surface area contributed by atoms with Crippen molar-refractivity contribution in [3.8, 4) is 0 Å². The minimum atomic E-state index is -3.15. The molecule has 0 aliphatic heterocycles. The molecule has 2 N–H and O–H groups in total. The zero-order chi connectivity index (χ0) is 18.2. The Kier molecular flexibility index (Phi) is 12.0. The van der Waals surface area contributed by atoms with Gasteiger partial charge in [-0.15, -0.1) is 24.0 Å². The zero-order valence-corrected chi connectivity index (χ0v) is 19.2. The summed E-state index contributed by atoms with van der Waals surface area (Å²) in [4.78, 5) is 6.49. The zero-order valence-electron chi connectivity index (χ0n) is 14.6. The number of sulfonamides is 1. The Morgan fingerprint density at radius 2 is 1.96 bits per heavy atom. The van der Waals surface area contributed by atoms with E-state index in [0.717, 1.165) is 24.3 Å². The number of nitrogens with one attached hydrogen (secondary N) is 2. The first-order chi connectivity index (χ1) is 11.2. The third-order valence-corrected chi connectivity index (χ3v) is 4.53. The first-order valence-corrected chi connectivity index (χ1v) is 10.3. The highest BCUT2D eigenvalue weighted by atomic mass is 127. The Hall–Kier alpha value is -0.290. The SMILES string of the molecule is CCNC(=NCCCNS(C)(=O)=O)N(C)Cc1ccc(Cl)c(Cl)c1.I. The Bertz CT molecular complexity index is 671. The van der Waals surface area contributed by atoms with Crippen LogP contribution in [0.2, 0.25) is 10.0 Å². The van der Waals surface area contributed by atoms with Crippen LogP contribution in [0.1, 0.15) is 18.9 Å². The Morgan fingerprint density at radius 3 is 2.52 bits per heavy atom. The van der Waals surface area contributed by atoms with Crippen LogP contribution in [0.4, 0.5) is 0 Å². The van der Waals surface area contributed by atoms with Crippen LogP contribution >= 0.6 is 47.2 Å². The second-order valence-corrected chi connectivity index (χ2v) is 8.01. The van der Waals surface area contributed by atoms with Gasteiger partial charge in [-0.3, -0.25) is 4.99 Å². The fraction of sp³-hybridized carbons (Fsp3) is 0.533. The molecule has 0 saturated carbocycles. The summed E-state index contributed by atoms with van der Waals surface area (Å²) in [6, 6.07) is 5.53. The molecule has 144 valence electrons. The van der Waals surface area contributed by atoms with Crippen LogP contribution in [0.25, 0.3) is 0 Å². The van der Waals surface area contributed by atoms with Crippen LogP contribution in [-0.2, 0) is 16.6 Å². The molecule has 1 aromatic carbocycles. The molecule has 0 bridgehead atoms. The third-order valence-electron chi connectivity index (χ3n) is 3.06. The summed E-state index contributed by atoms with van der Waals surface area (Å²) in [5.74, 6) is 0.753. The lowest BCUT2D eigenvalue weighted by molar-refractivity contribution is 0.476. The lowest BCUT2D eigenvalue weighted by Gasteiger charge is -2.22. The van der Waals surface area contributed by atoms with Crippen molar-refractivity contribution < 1.29 is 8.42 Å². The molecule has 10 heteroatoms. The summed E-state index contributed by atoms with van der Waals surface area (Å²) in [6.45, 7) is 4.26. The first kappa shape index (κ1) is 24.7. The predicted molar refractivity (Wildman–Crippen MR) is 117 cm³/mol. The number of guanidine groups is 1. The van der Waals surface area contributed by atoms with Gasteiger partial charge in [0.15, 0.2) is 5.96 Å². The molecule has 0 saturated heterocycles. The molecule has 0 aliphatic rings. The maximum Gasteiger partial charge on any atom is 0.208 e. The van der Waals surface area contributed by atoms with Gasteiger partial charge in [0.25, 0.3) is 0 Å². The fourth-order valence-electron chi connectivity index (χ4n) is 1.98. The van der Waals surface area contributed by atoms with Crippen LogP contribution < -0.4 is 10.0 Å². The van der Waals surface area contributed by atoms with E-state index in [4.69, 9.17) is 23.2 Å². The number of rotatable bonds is 8. The highest BCUT2D eigenvalue weighted by molar-refractivity contribution is 14.0. The van der Waals surface area contributed by atoms with Gasteiger partial charge in [0.05, 0.1) is 16.3 Å². The first-order valence-electron chi connectivity index (χ1n) is 7.61. The number of benzene rings is 1. The number of hydrogen-bond donors (Lipinski definition) is 2. The topological polar surface area (TPSA) is 73.8 Å². The lowest BCUT2D eigenvalue weighted by Crippen LogP contribution is -2.38. The summed E-state index contributed by atoms with van der Waals surface area (Å²) in [5.41, 5.74) is 1.02. The van der Waals surface area contributed by atoms with Crippen molar-refractivity contribution in [1.29, 1.82) is 0 Å². The Labute approximate surface area is 177 Å². The molecule has 1 aromatic rings. The van der Waals surface area contributed by atoms with Gasteiger partial charge in [-0.1, -0.05) is 29.3 Å². The van der Waals surface area contributed by atoms with Gasteiger partial charge in [0.1, 0.15) is 0 Å². The lowest BCUT2D eigenvalue weighted by atomic mass is 10.2. The molecule has 0 heterocycles. The molecule has 1 rings (SSSR count). The van der Waals surface area contributed by atoms with Crippen LogP contribution in [-0.4, -0.2) is 52.2 Å². The van der Waals surface area contributed by atoms with E-state index < -0.39 is 10.0 Å². The normalized spacial score (nSPS) is 11.8. The quantitative estimate of drug-likeness (QED) is 0.238. The van der Waals surface area contributed by atoms with Crippen molar-refractivity contribution in [2.45, 2.75) is 19.9 Å². The molecule has 0 aromatic heterocycles. The molecular weight excluding hydrogens is 498 g/mol. The summed E-state index contributed by atoms with van der Waals surface area (Å²) in [7, 11) is -1.22. The summed E-state index contributed by atoms with van der Waals surface area (Å²) >= 11 is 12.0. The fourth-order valence-corrected chi connectivity index (χ4v) is 2.81. The standard InChI is InChI=1S/C15H24Cl2N4O2S.HI/c1-4-18-15(19-8-5-9-20-24(3,22)23)21(2)11-12-6-7-13(16)14(17)10-12;/h6-7,10,20H,4-5,8-9,11H2,1-3H3,(H,18,19);1H. The molecule has 0 atom stereocenters. The average molecular weight is 523 g/mol. The van der Waals surface area contributed by atoms with E-state index in [1.165, 1.54) is 0 Å². The van der Waals surface area contributed by atoms with E-state index in [1.54, 1.807) is 6.07 Å². The second-order valence-electron chi connectivity index (χ2n) is 5.36. The average Bonchev–Trinajstić information content (AvgIpc) is 2.48. The third kappa shape index (κ3) is 10.4. The molecule has 6 nitrogen and oxygen atoms in total. The smallest absolute Gasteiger partial charge is 0.208 e. The predicted octanol–water partition coefficient (Wildman–Crippen LogP) is 2.95. The van der Waals surface area contributed by atoms with Gasteiger partial charge in [0, 0.05) is 33.2 Å². The van der Waals surface area contributed by atoms with Crippen molar-refractivity contribution in [3.63, 3.8) is 0 Å². The molecule has 0 unspecified atom stereocenters. The summed E-state index contributed by atoms with van der Waals surface area (Å²) in [6.07, 6.45) is 1.77. The van der Waals surface area contributed by atoms with Gasteiger partial charge in [0.2, 0.25) is 10.0 Å². The molecule has 0 fully saturated rings. The van der Waals surface area contributed by atoms with Crippen LogP contribution in [0, 0.1) is 0 Å². The monoisotopic (exact) mass is 522 g/mol. The van der Waals surface area contributed by atoms with E-state index in [1.807, 2.05) is 31.0 Å². The van der Waals surface area contributed by atoms with Gasteiger partial charge >= 0.3 is 0 Å². The minimum Gasteiger partial charge on any atom is -0.357 e. The number of halogens is 3. The van der Waals surface area contributed by atoms with Crippen LogP contribution in [0.3, 0.4) is 0 Å². The van der Waals surface area contributed by atoms with E-state index in [9.17, 15) is 8.42 Å². The highest BCUT2D eigenvalue weighted by Crippen LogP contribution is 2.23. The highest BCUT2D eigenvalue weighted by Gasteiger charge is 2.08. The molecule has 0 aliphatic carbocycles. The van der Waals surface area contributed by atoms with Gasteiger partial charge < -0.3 is 10.2 Å². The molecule has 0 radical (unpaired) electrons. The largest absolute Gasteiger partial charge is 0.357 e. The molecule has 0 spiro atoms. The van der Waals surface area contributed by atoms with Crippen molar-refractivity contribution in [3.05, 3.63) is 33.8 Å². The van der Waals surface area contributed by atoms with Crippen LogP contribution in [0.5, 0.6) is 0 Å². The van der Waals surface area contributed by atoms with E-state index >= 15 is 0 Å². The van der Waals surface area contributed by atoms with Gasteiger partial charge in [-0.25, -0.2) is 13.1 Å². The maximum absolute atomic E-state index is 11.0. The van der Waals surface area contributed by atoms with Crippen molar-refractivity contribution in [2.75, 3.05) is 32.9 Å². The van der Waals surface area contributed by atoms with Crippen molar-refractivity contribution in [2.24, 2.45) is 4.99 Å². The van der Waals surface area contributed by atoms with Crippen molar-refractivity contribution >= 4 is 63.2 Å². The van der Waals surface area contributed by atoms with E-state index in [-0.39, 0.29) is 24.0 Å². The number of nitrogens with zero attached hydrogens (tertiary/aromatic N) is 2. The van der Waals surface area contributed by atoms with E-state index in [0.29, 0.717) is 36.1 Å². The van der Waals surface area contributed by atoms with Crippen LogP contribution in [0.15, 0.2) is 23.2 Å². The van der Waals surface area contributed by atoms with Gasteiger partial charge in [-0.05, 0) is 31.0 Å². The Balaban J connectivity index is 0.00000576. The molecule has 25 heavy (non-hydrogen) atoms. The molecule has 0 amide bonds. The summed E-state index contributed by atoms with van der Waals surface area (Å²) in [5, 5.41) is 4.27. The van der Waals surface area contributed by atoms with E-state index in [2.05, 4.69) is 15.0 Å². The van der Waals surface area contributed by atoms with Gasteiger partial charge in [-0.2, -0.15) is 0 Å². The molecular formula is C15H25Cl2IN4O2S. The number of aliphatic imine (C=N–C) groups is 1.